The minimum Gasteiger partial charge on any atom is -0.356 e. The van der Waals surface area contributed by atoms with Crippen molar-refractivity contribution in [3.8, 4) is 0 Å². The van der Waals surface area contributed by atoms with E-state index < -0.39 is 0 Å². The van der Waals surface area contributed by atoms with Crippen LogP contribution in [0, 0.1) is 11.8 Å². The van der Waals surface area contributed by atoms with E-state index in [1.54, 1.807) is 4.90 Å². The van der Waals surface area contributed by atoms with Gasteiger partial charge in [0.2, 0.25) is 17.7 Å². The van der Waals surface area contributed by atoms with Crippen LogP contribution >= 0.6 is 0 Å². The topological polar surface area (TPSA) is 69.7 Å². The van der Waals surface area contributed by atoms with Gasteiger partial charge in [0.25, 0.3) is 0 Å². The van der Waals surface area contributed by atoms with Crippen LogP contribution in [-0.2, 0) is 20.8 Å². The van der Waals surface area contributed by atoms with E-state index in [0.29, 0.717) is 39.0 Å². The molecule has 1 aromatic carbocycles. The number of carbonyl (C=O) groups excluding carboxylic acids is 3. The number of benzene rings is 1. The quantitative estimate of drug-likeness (QED) is 0.817. The molecule has 6 heteroatoms. The number of rotatable bonds is 6. The number of anilines is 1. The molecule has 0 aromatic heterocycles. The van der Waals surface area contributed by atoms with Crippen LogP contribution in [0.3, 0.4) is 0 Å². The normalized spacial score (nSPS) is 20.5. The van der Waals surface area contributed by atoms with Crippen molar-refractivity contribution < 1.29 is 14.4 Å². The second-order valence-corrected chi connectivity index (χ2v) is 7.82. The van der Waals surface area contributed by atoms with E-state index in [1.807, 2.05) is 36.1 Å². The molecule has 2 aliphatic rings. The van der Waals surface area contributed by atoms with Crippen molar-refractivity contribution in [2.75, 3.05) is 31.1 Å². The lowest BCUT2D eigenvalue weighted by atomic mass is 9.94. The number of carbonyl (C=O) groups is 3. The van der Waals surface area contributed by atoms with Gasteiger partial charge in [-0.25, -0.2) is 0 Å². The third-order valence-electron chi connectivity index (χ3n) is 5.86. The van der Waals surface area contributed by atoms with Crippen molar-refractivity contribution in [1.29, 1.82) is 0 Å². The minimum absolute atomic E-state index is 0.00520. The van der Waals surface area contributed by atoms with E-state index in [2.05, 4.69) is 12.2 Å². The Labute approximate surface area is 167 Å². The zero-order valence-electron chi connectivity index (χ0n) is 16.9. The van der Waals surface area contributed by atoms with Crippen LogP contribution in [-0.4, -0.2) is 48.8 Å². The van der Waals surface area contributed by atoms with Gasteiger partial charge < -0.3 is 15.1 Å². The summed E-state index contributed by atoms with van der Waals surface area (Å²) in [6, 6.07) is 7.99. The predicted molar refractivity (Wildman–Crippen MR) is 109 cm³/mol. The van der Waals surface area contributed by atoms with Gasteiger partial charge >= 0.3 is 0 Å². The van der Waals surface area contributed by atoms with E-state index in [1.165, 1.54) is 5.56 Å². The highest BCUT2D eigenvalue weighted by Crippen LogP contribution is 2.28. The maximum absolute atomic E-state index is 12.9. The highest BCUT2D eigenvalue weighted by Gasteiger charge is 2.38. The van der Waals surface area contributed by atoms with Gasteiger partial charge in [-0.05, 0) is 43.4 Å². The summed E-state index contributed by atoms with van der Waals surface area (Å²) >= 11 is 0. The highest BCUT2D eigenvalue weighted by molar-refractivity contribution is 6.00. The van der Waals surface area contributed by atoms with Gasteiger partial charge in [-0.2, -0.15) is 0 Å². The first-order valence-corrected chi connectivity index (χ1v) is 10.5. The Bertz CT molecular complexity index is 708. The lowest BCUT2D eigenvalue weighted by molar-refractivity contribution is -0.139. The maximum Gasteiger partial charge on any atom is 0.228 e. The predicted octanol–water partition coefficient (Wildman–Crippen LogP) is 2.37. The molecule has 2 fully saturated rings. The third-order valence-corrected chi connectivity index (χ3v) is 5.86. The van der Waals surface area contributed by atoms with E-state index in [4.69, 9.17) is 0 Å². The number of amides is 3. The number of nitrogens with zero attached hydrogens (tertiary/aromatic N) is 2. The maximum atomic E-state index is 12.9. The van der Waals surface area contributed by atoms with Crippen LogP contribution in [0.4, 0.5) is 5.69 Å². The smallest absolute Gasteiger partial charge is 0.228 e. The van der Waals surface area contributed by atoms with Gasteiger partial charge in [-0.15, -0.1) is 0 Å². The van der Waals surface area contributed by atoms with Crippen LogP contribution in [0.25, 0.3) is 0 Å². The molecular formula is C22H31N3O3. The average molecular weight is 386 g/mol. The summed E-state index contributed by atoms with van der Waals surface area (Å²) in [6.45, 7) is 6.47. The number of piperidine rings is 1. The summed E-state index contributed by atoms with van der Waals surface area (Å²) in [7, 11) is 0. The van der Waals surface area contributed by atoms with Crippen molar-refractivity contribution in [2.45, 2.75) is 46.0 Å². The monoisotopic (exact) mass is 385 g/mol. The van der Waals surface area contributed by atoms with E-state index in [-0.39, 0.29) is 36.0 Å². The Kier molecular flexibility index (Phi) is 6.70. The Morgan fingerprint density at radius 1 is 1.07 bits per heavy atom. The molecule has 152 valence electrons. The molecule has 0 radical (unpaired) electrons. The largest absolute Gasteiger partial charge is 0.356 e. The molecule has 28 heavy (non-hydrogen) atoms. The highest BCUT2D eigenvalue weighted by atomic mass is 16.2. The molecule has 3 amide bonds. The molecule has 1 atom stereocenters. The third kappa shape index (κ3) is 4.54. The van der Waals surface area contributed by atoms with Crippen molar-refractivity contribution in [2.24, 2.45) is 11.8 Å². The minimum atomic E-state index is -0.288. The van der Waals surface area contributed by atoms with E-state index in [0.717, 1.165) is 18.5 Å². The molecule has 6 nitrogen and oxygen atoms in total. The van der Waals surface area contributed by atoms with Crippen LogP contribution < -0.4 is 10.2 Å². The Balaban J connectivity index is 1.54. The van der Waals surface area contributed by atoms with Gasteiger partial charge in [-0.1, -0.05) is 26.0 Å². The zero-order valence-corrected chi connectivity index (χ0v) is 16.9. The first kappa shape index (κ1) is 20.4. The van der Waals surface area contributed by atoms with Crippen LogP contribution in [0.2, 0.25) is 0 Å². The molecule has 0 spiro atoms. The van der Waals surface area contributed by atoms with Crippen molar-refractivity contribution in [3.05, 3.63) is 29.8 Å². The van der Waals surface area contributed by atoms with Crippen molar-refractivity contribution in [1.82, 2.24) is 10.2 Å². The summed E-state index contributed by atoms with van der Waals surface area (Å²) in [6.07, 6.45) is 3.55. The fourth-order valence-electron chi connectivity index (χ4n) is 4.05. The van der Waals surface area contributed by atoms with E-state index >= 15 is 0 Å². The standard InChI is InChI=1S/C22H31N3O3/c1-3-11-23-21(27)17-9-12-24(13-10-17)22(28)18-14-20(26)25(15-18)19-7-5-16(4-2)6-8-19/h5-8,17-18H,3-4,9-15H2,1-2H3,(H,23,27). The summed E-state index contributed by atoms with van der Waals surface area (Å²) in [5.41, 5.74) is 2.10. The van der Waals surface area contributed by atoms with Crippen LogP contribution in [0.15, 0.2) is 24.3 Å². The number of likely N-dealkylation sites (tertiary alicyclic amines) is 1. The molecule has 1 N–H and O–H groups in total. The van der Waals surface area contributed by atoms with Crippen molar-refractivity contribution >= 4 is 23.4 Å². The Morgan fingerprint density at radius 2 is 1.75 bits per heavy atom. The van der Waals surface area contributed by atoms with Gasteiger partial charge in [-0.3, -0.25) is 14.4 Å². The molecule has 1 aromatic rings. The first-order valence-electron chi connectivity index (χ1n) is 10.5. The second kappa shape index (κ2) is 9.22. The Hall–Kier alpha value is -2.37. The number of aryl methyl sites for hydroxylation is 1. The number of hydrogen-bond acceptors (Lipinski definition) is 3. The fourth-order valence-corrected chi connectivity index (χ4v) is 4.05. The van der Waals surface area contributed by atoms with Crippen LogP contribution in [0.5, 0.6) is 0 Å². The molecule has 0 saturated carbocycles. The molecule has 2 heterocycles. The van der Waals surface area contributed by atoms with Crippen molar-refractivity contribution in [3.63, 3.8) is 0 Å². The van der Waals surface area contributed by atoms with Gasteiger partial charge in [0.05, 0.1) is 5.92 Å². The number of nitrogens with one attached hydrogen (secondary N) is 1. The lowest BCUT2D eigenvalue weighted by Crippen LogP contribution is -2.45. The van der Waals surface area contributed by atoms with Gasteiger partial charge in [0, 0.05) is 44.2 Å². The number of hydrogen-bond donors (Lipinski definition) is 1. The summed E-state index contributed by atoms with van der Waals surface area (Å²) in [5, 5.41) is 2.95. The molecule has 2 saturated heterocycles. The lowest BCUT2D eigenvalue weighted by Gasteiger charge is -2.33. The summed E-state index contributed by atoms with van der Waals surface area (Å²) < 4.78 is 0. The summed E-state index contributed by atoms with van der Waals surface area (Å²) in [4.78, 5) is 41.1. The van der Waals surface area contributed by atoms with Gasteiger partial charge in [0.15, 0.2) is 0 Å². The SMILES string of the molecule is CCCNC(=O)C1CCN(C(=O)C2CC(=O)N(c3ccc(CC)cc3)C2)CC1. The van der Waals surface area contributed by atoms with Gasteiger partial charge in [0.1, 0.15) is 0 Å². The Morgan fingerprint density at radius 3 is 2.36 bits per heavy atom. The van der Waals surface area contributed by atoms with Crippen LogP contribution in [0.1, 0.15) is 45.1 Å². The molecule has 2 aliphatic heterocycles. The fraction of sp³-hybridized carbons (Fsp3) is 0.591. The molecule has 1 unspecified atom stereocenters. The molecular weight excluding hydrogens is 354 g/mol. The first-order chi connectivity index (χ1) is 13.5. The zero-order chi connectivity index (χ0) is 20.1. The average Bonchev–Trinajstić information content (AvgIpc) is 3.13. The second-order valence-electron chi connectivity index (χ2n) is 7.82. The molecule has 3 rings (SSSR count). The molecule has 0 bridgehead atoms. The summed E-state index contributed by atoms with van der Waals surface area (Å²) in [5.74, 6) is -0.130. The van der Waals surface area contributed by atoms with E-state index in [9.17, 15) is 14.4 Å². The molecule has 0 aliphatic carbocycles.